The minimum atomic E-state index is -0.199. The molecule has 2 N–H and O–H groups in total. The Hall–Kier alpha value is -1.87. The first-order valence-electron chi connectivity index (χ1n) is 6.36. The van der Waals surface area contributed by atoms with Gasteiger partial charge in [-0.15, -0.1) is 0 Å². The van der Waals surface area contributed by atoms with Crippen LogP contribution in [0.15, 0.2) is 42.5 Å². The Morgan fingerprint density at radius 1 is 1.16 bits per heavy atom. The van der Waals surface area contributed by atoms with Crippen molar-refractivity contribution < 1.29 is 4.39 Å². The maximum Gasteiger partial charge on any atom is 0.123 e. The van der Waals surface area contributed by atoms with Gasteiger partial charge in [-0.05, 0) is 35.7 Å². The van der Waals surface area contributed by atoms with Gasteiger partial charge in [-0.25, -0.2) is 4.39 Å². The lowest BCUT2D eigenvalue weighted by atomic mass is 10.1. The van der Waals surface area contributed by atoms with E-state index >= 15 is 0 Å². The molecule has 3 heteroatoms. The summed E-state index contributed by atoms with van der Waals surface area (Å²) in [5.74, 6) is -0.199. The summed E-state index contributed by atoms with van der Waals surface area (Å²) in [4.78, 5) is 2.12. The number of benzene rings is 2. The molecular formula is C16H19FN2. The molecule has 0 atom stereocenters. The molecule has 0 saturated heterocycles. The highest BCUT2D eigenvalue weighted by molar-refractivity contribution is 5.59. The molecule has 19 heavy (non-hydrogen) atoms. The molecule has 0 aromatic heterocycles. The minimum absolute atomic E-state index is 0.199. The summed E-state index contributed by atoms with van der Waals surface area (Å²) < 4.78 is 13.2. The van der Waals surface area contributed by atoms with Crippen LogP contribution in [-0.2, 0) is 13.1 Å². The molecule has 0 heterocycles. The fraction of sp³-hybridized carbons (Fsp3) is 0.250. The van der Waals surface area contributed by atoms with Gasteiger partial charge in [0, 0.05) is 25.8 Å². The summed E-state index contributed by atoms with van der Waals surface area (Å²) in [7, 11) is 2.01. The van der Waals surface area contributed by atoms with Crippen molar-refractivity contribution in [2.75, 3.05) is 11.9 Å². The lowest BCUT2D eigenvalue weighted by molar-refractivity contribution is 0.625. The number of nitrogens with two attached hydrogens (primary N) is 1. The van der Waals surface area contributed by atoms with E-state index < -0.39 is 0 Å². The number of nitrogens with zero attached hydrogens (tertiary/aromatic N) is 1. The van der Waals surface area contributed by atoms with Crippen molar-refractivity contribution in [3.63, 3.8) is 0 Å². The third-order valence-corrected chi connectivity index (χ3v) is 3.23. The standard InChI is InChI=1S/C16H19FN2/c1-12-5-3-7-14(10-18)16(12)19(2)11-13-6-4-8-15(17)9-13/h3-9H,10-11,18H2,1-2H3. The molecule has 2 aromatic carbocycles. The lowest BCUT2D eigenvalue weighted by Gasteiger charge is -2.24. The maximum atomic E-state index is 13.2. The van der Waals surface area contributed by atoms with Gasteiger partial charge in [0.1, 0.15) is 5.82 Å². The van der Waals surface area contributed by atoms with Crippen LogP contribution in [0.2, 0.25) is 0 Å². The molecule has 0 aliphatic carbocycles. The van der Waals surface area contributed by atoms with Crippen LogP contribution < -0.4 is 10.6 Å². The molecule has 2 aromatic rings. The molecule has 0 aliphatic rings. The average Bonchev–Trinajstić information content (AvgIpc) is 2.38. The fourth-order valence-corrected chi connectivity index (χ4v) is 2.42. The van der Waals surface area contributed by atoms with Crippen LogP contribution in [0.4, 0.5) is 10.1 Å². The zero-order valence-electron chi connectivity index (χ0n) is 11.4. The summed E-state index contributed by atoms with van der Waals surface area (Å²) in [5.41, 5.74) is 10.2. The van der Waals surface area contributed by atoms with Crippen molar-refractivity contribution in [1.82, 2.24) is 0 Å². The topological polar surface area (TPSA) is 29.3 Å². The Kier molecular flexibility index (Phi) is 4.17. The summed E-state index contributed by atoms with van der Waals surface area (Å²) >= 11 is 0. The number of hydrogen-bond donors (Lipinski definition) is 1. The Balaban J connectivity index is 2.27. The van der Waals surface area contributed by atoms with E-state index in [0.717, 1.165) is 16.8 Å². The molecule has 2 rings (SSSR count). The highest BCUT2D eigenvalue weighted by Crippen LogP contribution is 2.25. The van der Waals surface area contributed by atoms with Crippen molar-refractivity contribution in [1.29, 1.82) is 0 Å². The first-order chi connectivity index (χ1) is 9.11. The number of aryl methyl sites for hydroxylation is 1. The maximum absolute atomic E-state index is 13.2. The molecule has 0 aliphatic heterocycles. The zero-order chi connectivity index (χ0) is 13.8. The van der Waals surface area contributed by atoms with E-state index in [4.69, 9.17) is 5.73 Å². The monoisotopic (exact) mass is 258 g/mol. The smallest absolute Gasteiger partial charge is 0.123 e. The summed E-state index contributed by atoms with van der Waals surface area (Å²) in [5, 5.41) is 0. The lowest BCUT2D eigenvalue weighted by Crippen LogP contribution is -2.20. The third-order valence-electron chi connectivity index (χ3n) is 3.23. The van der Waals surface area contributed by atoms with Gasteiger partial charge < -0.3 is 10.6 Å². The molecule has 100 valence electrons. The second-order valence-electron chi connectivity index (χ2n) is 4.77. The Bertz CT molecular complexity index is 566. The number of hydrogen-bond acceptors (Lipinski definition) is 2. The highest BCUT2D eigenvalue weighted by Gasteiger charge is 2.10. The Morgan fingerprint density at radius 3 is 2.58 bits per heavy atom. The first kappa shape index (κ1) is 13.6. The van der Waals surface area contributed by atoms with E-state index in [1.165, 1.54) is 11.6 Å². The average molecular weight is 258 g/mol. The SMILES string of the molecule is Cc1cccc(CN)c1N(C)Cc1cccc(F)c1. The Morgan fingerprint density at radius 2 is 1.89 bits per heavy atom. The van der Waals surface area contributed by atoms with Crippen LogP contribution in [0, 0.1) is 12.7 Å². The van der Waals surface area contributed by atoms with Gasteiger partial charge in [0.25, 0.3) is 0 Å². The van der Waals surface area contributed by atoms with Gasteiger partial charge in [0.15, 0.2) is 0 Å². The molecule has 0 bridgehead atoms. The number of halogens is 1. The second kappa shape index (κ2) is 5.85. The van der Waals surface area contributed by atoms with Crippen LogP contribution >= 0.6 is 0 Å². The van der Waals surface area contributed by atoms with Gasteiger partial charge in [-0.1, -0.05) is 30.3 Å². The summed E-state index contributed by atoms with van der Waals surface area (Å²) in [6.07, 6.45) is 0. The highest BCUT2D eigenvalue weighted by atomic mass is 19.1. The third kappa shape index (κ3) is 3.12. The molecule has 0 fully saturated rings. The molecular weight excluding hydrogens is 239 g/mol. The van der Waals surface area contributed by atoms with Crippen molar-refractivity contribution in [3.05, 3.63) is 65.0 Å². The Labute approximate surface area is 113 Å². The number of rotatable bonds is 4. The molecule has 2 nitrogen and oxygen atoms in total. The van der Waals surface area contributed by atoms with Gasteiger partial charge in [0.2, 0.25) is 0 Å². The molecule has 0 spiro atoms. The number of anilines is 1. The van der Waals surface area contributed by atoms with E-state index in [9.17, 15) is 4.39 Å². The predicted octanol–water partition coefficient (Wildman–Crippen LogP) is 3.23. The van der Waals surface area contributed by atoms with Gasteiger partial charge in [-0.3, -0.25) is 0 Å². The van der Waals surface area contributed by atoms with Crippen molar-refractivity contribution in [2.24, 2.45) is 5.73 Å². The van der Waals surface area contributed by atoms with Crippen LogP contribution in [0.5, 0.6) is 0 Å². The van der Waals surface area contributed by atoms with Crippen molar-refractivity contribution in [3.8, 4) is 0 Å². The quantitative estimate of drug-likeness (QED) is 0.912. The summed E-state index contributed by atoms with van der Waals surface area (Å²) in [6, 6.07) is 12.8. The van der Waals surface area contributed by atoms with Crippen LogP contribution in [0.25, 0.3) is 0 Å². The van der Waals surface area contributed by atoms with Crippen LogP contribution in [0.3, 0.4) is 0 Å². The van der Waals surface area contributed by atoms with E-state index in [-0.39, 0.29) is 5.82 Å². The normalized spacial score (nSPS) is 10.5. The van der Waals surface area contributed by atoms with Crippen molar-refractivity contribution in [2.45, 2.75) is 20.0 Å². The van der Waals surface area contributed by atoms with E-state index in [0.29, 0.717) is 13.1 Å². The molecule has 0 saturated carbocycles. The molecule has 0 radical (unpaired) electrons. The molecule has 0 amide bonds. The van der Waals surface area contributed by atoms with Crippen LogP contribution in [-0.4, -0.2) is 7.05 Å². The summed E-state index contributed by atoms with van der Waals surface area (Å²) in [6.45, 7) is 3.23. The van der Waals surface area contributed by atoms with E-state index in [1.54, 1.807) is 12.1 Å². The fourth-order valence-electron chi connectivity index (χ4n) is 2.42. The number of para-hydroxylation sites is 1. The first-order valence-corrected chi connectivity index (χ1v) is 6.36. The van der Waals surface area contributed by atoms with E-state index in [2.05, 4.69) is 17.9 Å². The van der Waals surface area contributed by atoms with Gasteiger partial charge in [-0.2, -0.15) is 0 Å². The van der Waals surface area contributed by atoms with Gasteiger partial charge in [0.05, 0.1) is 0 Å². The van der Waals surface area contributed by atoms with Gasteiger partial charge >= 0.3 is 0 Å². The minimum Gasteiger partial charge on any atom is -0.370 e. The van der Waals surface area contributed by atoms with E-state index in [1.807, 2.05) is 25.2 Å². The largest absolute Gasteiger partial charge is 0.370 e. The van der Waals surface area contributed by atoms with Crippen molar-refractivity contribution >= 4 is 5.69 Å². The molecule has 0 unspecified atom stereocenters. The predicted molar refractivity (Wildman–Crippen MR) is 77.6 cm³/mol. The zero-order valence-corrected chi connectivity index (χ0v) is 11.4. The second-order valence-corrected chi connectivity index (χ2v) is 4.77. The van der Waals surface area contributed by atoms with Crippen LogP contribution in [0.1, 0.15) is 16.7 Å².